The number of nitrogens with one attached hydrogen (secondary N) is 2. The fourth-order valence-corrected chi connectivity index (χ4v) is 4.45. The molecule has 2 aromatic carbocycles. The molecule has 11 heteroatoms. The van der Waals surface area contributed by atoms with Gasteiger partial charge in [-0.15, -0.1) is 0 Å². The molecule has 2 heterocycles. The van der Waals surface area contributed by atoms with E-state index in [0.29, 0.717) is 22.8 Å². The van der Waals surface area contributed by atoms with E-state index in [1.807, 2.05) is 34.9 Å². The minimum atomic E-state index is -3.93. The zero-order valence-corrected chi connectivity index (χ0v) is 19.0. The maximum absolute atomic E-state index is 12.9. The van der Waals surface area contributed by atoms with Crippen LogP contribution in [0.15, 0.2) is 59.6 Å². The van der Waals surface area contributed by atoms with Crippen molar-refractivity contribution in [2.45, 2.75) is 18.2 Å². The first-order chi connectivity index (χ1) is 15.7. The topological polar surface area (TPSA) is 125 Å². The monoisotopic (exact) mass is 466 g/mol. The molecule has 1 aliphatic heterocycles. The second-order valence-corrected chi connectivity index (χ2v) is 9.06. The fourth-order valence-electron chi connectivity index (χ4n) is 3.39. The van der Waals surface area contributed by atoms with Gasteiger partial charge in [0.2, 0.25) is 11.9 Å². The minimum absolute atomic E-state index is 0.0332. The number of amides is 2. The van der Waals surface area contributed by atoms with Gasteiger partial charge in [0.15, 0.2) is 5.82 Å². The Labute approximate surface area is 191 Å². The van der Waals surface area contributed by atoms with E-state index in [4.69, 9.17) is 0 Å². The molecule has 33 heavy (non-hydrogen) atoms. The number of carbonyl (C=O) groups excluding carboxylic acids is 2. The molecule has 0 aliphatic carbocycles. The Kier molecular flexibility index (Phi) is 5.73. The van der Waals surface area contributed by atoms with Crippen molar-refractivity contribution in [2.75, 3.05) is 29.2 Å². The Bertz CT molecular complexity index is 1340. The molecule has 2 N–H and O–H groups in total. The van der Waals surface area contributed by atoms with Crippen LogP contribution in [-0.4, -0.2) is 44.3 Å². The largest absolute Gasteiger partial charge is 0.327 e. The summed E-state index contributed by atoms with van der Waals surface area (Å²) in [5.74, 6) is 0.0719. The molecule has 170 valence electrons. The van der Waals surface area contributed by atoms with Gasteiger partial charge in [0.1, 0.15) is 5.69 Å². The lowest BCUT2D eigenvalue weighted by molar-refractivity contribution is -0.119. The highest BCUT2D eigenvalue weighted by Gasteiger charge is 2.28. The van der Waals surface area contributed by atoms with Gasteiger partial charge < -0.3 is 15.1 Å². The Hall–Kier alpha value is -3.99. The maximum atomic E-state index is 12.9. The summed E-state index contributed by atoms with van der Waals surface area (Å²) in [6.45, 7) is 1.57. The van der Waals surface area contributed by atoms with Crippen molar-refractivity contribution >= 4 is 50.7 Å². The molecule has 0 unspecified atom stereocenters. The maximum Gasteiger partial charge on any atom is 0.264 e. The van der Waals surface area contributed by atoms with Crippen LogP contribution in [0.5, 0.6) is 0 Å². The summed E-state index contributed by atoms with van der Waals surface area (Å²) in [6, 6.07) is 13.1. The summed E-state index contributed by atoms with van der Waals surface area (Å²) >= 11 is 0. The first-order valence-electron chi connectivity index (χ1n) is 10.1. The van der Waals surface area contributed by atoms with E-state index >= 15 is 0 Å². The van der Waals surface area contributed by atoms with Crippen molar-refractivity contribution in [3.05, 3.63) is 60.3 Å². The number of hydrogen-bond donors (Lipinski definition) is 2. The van der Waals surface area contributed by atoms with Crippen molar-refractivity contribution in [3.8, 4) is 0 Å². The zero-order chi connectivity index (χ0) is 23.8. The lowest BCUT2D eigenvalue weighted by Gasteiger charge is -2.21. The van der Waals surface area contributed by atoms with Crippen molar-refractivity contribution in [3.63, 3.8) is 0 Å². The van der Waals surface area contributed by atoms with Gasteiger partial charge in [-0.2, -0.15) is 4.98 Å². The van der Waals surface area contributed by atoms with E-state index in [1.165, 1.54) is 17.0 Å². The lowest BCUT2D eigenvalue weighted by Crippen LogP contribution is -2.29. The predicted molar refractivity (Wildman–Crippen MR) is 125 cm³/mol. The average Bonchev–Trinajstić information content (AvgIpc) is 2.89. The van der Waals surface area contributed by atoms with Gasteiger partial charge >= 0.3 is 0 Å². The van der Waals surface area contributed by atoms with Gasteiger partial charge in [-0.05, 0) is 36.4 Å². The van der Waals surface area contributed by atoms with Gasteiger partial charge in [-0.1, -0.05) is 19.1 Å². The second kappa shape index (κ2) is 8.51. The van der Waals surface area contributed by atoms with E-state index in [9.17, 15) is 18.0 Å². The quantitative estimate of drug-likeness (QED) is 0.588. The SMILES string of the molecule is CCC(=O)NS(=O)(=O)c1ccc(Nc2ncc3c(n2)N(C)c2ccccc2C(=O)N3C)cc1. The van der Waals surface area contributed by atoms with Crippen LogP contribution < -0.4 is 19.8 Å². The number of fused-ring (bicyclic) bond motifs is 2. The average molecular weight is 467 g/mol. The van der Waals surface area contributed by atoms with Gasteiger partial charge in [0.25, 0.3) is 15.9 Å². The third kappa shape index (κ3) is 4.22. The molecule has 0 spiro atoms. The van der Waals surface area contributed by atoms with E-state index in [0.717, 1.165) is 5.69 Å². The number of para-hydroxylation sites is 1. The molecule has 3 aromatic rings. The highest BCUT2D eigenvalue weighted by molar-refractivity contribution is 7.90. The van der Waals surface area contributed by atoms with E-state index < -0.39 is 15.9 Å². The third-order valence-corrected chi connectivity index (χ3v) is 6.61. The summed E-state index contributed by atoms with van der Waals surface area (Å²) in [5, 5.41) is 3.04. The molecule has 2 amide bonds. The van der Waals surface area contributed by atoms with Gasteiger partial charge in [0, 0.05) is 26.2 Å². The van der Waals surface area contributed by atoms with Crippen LogP contribution in [0.4, 0.5) is 28.8 Å². The highest BCUT2D eigenvalue weighted by Crippen LogP contribution is 2.37. The molecule has 0 radical (unpaired) electrons. The smallest absolute Gasteiger partial charge is 0.264 e. The molecule has 0 fully saturated rings. The molecular formula is C22H22N6O4S. The van der Waals surface area contributed by atoms with Gasteiger partial charge in [0.05, 0.1) is 22.3 Å². The molecule has 1 aromatic heterocycles. The standard InChI is InChI=1S/C22H22N6O4S/c1-4-19(29)26-33(31,32)15-11-9-14(10-12-15)24-22-23-13-18-20(25-22)27(2)17-8-6-5-7-16(17)21(30)28(18)3/h5-13H,4H2,1-3H3,(H,26,29)(H,23,24,25). The molecule has 0 saturated carbocycles. The summed E-state index contributed by atoms with van der Waals surface area (Å²) in [7, 11) is -0.432. The first-order valence-corrected chi connectivity index (χ1v) is 11.6. The molecule has 1 aliphatic rings. The number of carbonyl (C=O) groups is 2. The van der Waals surface area contributed by atoms with Crippen LogP contribution in [0.1, 0.15) is 23.7 Å². The van der Waals surface area contributed by atoms with Crippen molar-refractivity contribution in [1.82, 2.24) is 14.7 Å². The second-order valence-electron chi connectivity index (χ2n) is 7.37. The Balaban J connectivity index is 1.62. The summed E-state index contributed by atoms with van der Waals surface area (Å²) in [4.78, 5) is 36.5. The number of nitrogens with zero attached hydrogens (tertiary/aromatic N) is 4. The normalized spacial score (nSPS) is 13.1. The molecule has 0 atom stereocenters. The van der Waals surface area contributed by atoms with Crippen molar-refractivity contribution < 1.29 is 18.0 Å². The molecular weight excluding hydrogens is 444 g/mol. The fraction of sp³-hybridized carbons (Fsp3) is 0.182. The van der Waals surface area contributed by atoms with Crippen LogP contribution in [0.2, 0.25) is 0 Å². The Morgan fingerprint density at radius 3 is 2.39 bits per heavy atom. The summed E-state index contributed by atoms with van der Waals surface area (Å²) in [5.41, 5.74) is 2.39. The zero-order valence-electron chi connectivity index (χ0n) is 18.2. The van der Waals surface area contributed by atoms with E-state index in [-0.39, 0.29) is 23.2 Å². The number of benzene rings is 2. The van der Waals surface area contributed by atoms with Crippen LogP contribution in [-0.2, 0) is 14.8 Å². The molecule has 10 nitrogen and oxygen atoms in total. The number of aromatic nitrogens is 2. The van der Waals surface area contributed by atoms with Crippen LogP contribution in [0, 0.1) is 0 Å². The van der Waals surface area contributed by atoms with Crippen LogP contribution in [0.3, 0.4) is 0 Å². The van der Waals surface area contributed by atoms with E-state index in [1.54, 1.807) is 38.4 Å². The number of rotatable bonds is 5. The number of anilines is 5. The summed E-state index contributed by atoms with van der Waals surface area (Å²) < 4.78 is 26.5. The number of sulfonamides is 1. The lowest BCUT2D eigenvalue weighted by atomic mass is 10.1. The van der Waals surface area contributed by atoms with Crippen LogP contribution >= 0.6 is 0 Å². The molecule has 4 rings (SSSR count). The predicted octanol–water partition coefficient (Wildman–Crippen LogP) is 2.79. The van der Waals surface area contributed by atoms with Crippen LogP contribution in [0.25, 0.3) is 0 Å². The molecule has 0 saturated heterocycles. The highest BCUT2D eigenvalue weighted by atomic mass is 32.2. The third-order valence-electron chi connectivity index (χ3n) is 5.22. The Morgan fingerprint density at radius 2 is 1.70 bits per heavy atom. The Morgan fingerprint density at radius 1 is 1.00 bits per heavy atom. The first kappa shape index (κ1) is 22.2. The van der Waals surface area contributed by atoms with Crippen molar-refractivity contribution in [2.24, 2.45) is 0 Å². The number of hydrogen-bond acceptors (Lipinski definition) is 8. The minimum Gasteiger partial charge on any atom is -0.327 e. The summed E-state index contributed by atoms with van der Waals surface area (Å²) in [6.07, 6.45) is 1.62. The van der Waals surface area contributed by atoms with E-state index in [2.05, 4.69) is 15.3 Å². The van der Waals surface area contributed by atoms with Gasteiger partial charge in [-0.25, -0.2) is 18.1 Å². The van der Waals surface area contributed by atoms with Gasteiger partial charge in [-0.3, -0.25) is 9.59 Å². The van der Waals surface area contributed by atoms with Crippen molar-refractivity contribution in [1.29, 1.82) is 0 Å². The molecule has 0 bridgehead atoms.